The Morgan fingerprint density at radius 3 is 2.31 bits per heavy atom. The Morgan fingerprint density at radius 2 is 1.56 bits per heavy atom. The molecule has 0 bridgehead atoms. The summed E-state index contributed by atoms with van der Waals surface area (Å²) in [5.74, 6) is 0.751. The van der Waals surface area contributed by atoms with Crippen LogP contribution in [0.1, 0.15) is 38.8 Å². The zero-order valence-electron chi connectivity index (χ0n) is 21.6. The molecule has 8 heteroatoms. The van der Waals surface area contributed by atoms with Crippen molar-refractivity contribution in [1.82, 2.24) is 5.43 Å². The van der Waals surface area contributed by atoms with Gasteiger partial charge in [-0.15, -0.1) is 0 Å². The average molecular weight is 525 g/mol. The molecule has 8 nitrogen and oxygen atoms in total. The first-order valence-electron chi connectivity index (χ1n) is 12.3. The van der Waals surface area contributed by atoms with Crippen LogP contribution < -0.4 is 24.4 Å². The highest BCUT2D eigenvalue weighted by Crippen LogP contribution is 2.30. The third-order valence-corrected chi connectivity index (χ3v) is 5.54. The number of para-hydroxylation sites is 1. The summed E-state index contributed by atoms with van der Waals surface area (Å²) in [6.07, 6.45) is 1.48. The van der Waals surface area contributed by atoms with Crippen molar-refractivity contribution in [3.8, 4) is 23.0 Å². The number of nitrogens with one attached hydrogen (secondary N) is 1. The van der Waals surface area contributed by atoms with Crippen molar-refractivity contribution in [3.63, 3.8) is 0 Å². The van der Waals surface area contributed by atoms with Crippen LogP contribution in [-0.4, -0.2) is 31.8 Å². The van der Waals surface area contributed by atoms with Crippen molar-refractivity contribution < 1.29 is 28.5 Å². The summed E-state index contributed by atoms with van der Waals surface area (Å²) in [7, 11) is 1.49. The number of hydrogen-bond acceptors (Lipinski definition) is 7. The molecule has 0 saturated carbocycles. The van der Waals surface area contributed by atoms with E-state index in [0.717, 1.165) is 5.56 Å². The second kappa shape index (κ2) is 13.4. The first-order chi connectivity index (χ1) is 19.1. The normalized spacial score (nSPS) is 10.6. The number of rotatable bonds is 11. The van der Waals surface area contributed by atoms with E-state index < -0.39 is 5.97 Å². The Kier molecular flexibility index (Phi) is 9.28. The van der Waals surface area contributed by atoms with Gasteiger partial charge in [-0.2, -0.15) is 5.10 Å². The average Bonchev–Trinajstić information content (AvgIpc) is 2.98. The first-order valence-corrected chi connectivity index (χ1v) is 12.3. The van der Waals surface area contributed by atoms with Crippen molar-refractivity contribution in [1.29, 1.82) is 0 Å². The van der Waals surface area contributed by atoms with Crippen LogP contribution in [0.5, 0.6) is 23.0 Å². The van der Waals surface area contributed by atoms with E-state index in [1.165, 1.54) is 13.3 Å². The van der Waals surface area contributed by atoms with Crippen LogP contribution in [0.3, 0.4) is 0 Å². The number of hydrogen-bond donors (Lipinski definition) is 1. The molecule has 0 aliphatic rings. The topological polar surface area (TPSA) is 95.5 Å². The van der Waals surface area contributed by atoms with Crippen molar-refractivity contribution in [2.75, 3.05) is 13.7 Å². The van der Waals surface area contributed by atoms with Gasteiger partial charge in [0.05, 0.1) is 19.9 Å². The van der Waals surface area contributed by atoms with E-state index in [-0.39, 0.29) is 11.7 Å². The maximum Gasteiger partial charge on any atom is 0.347 e. The van der Waals surface area contributed by atoms with Gasteiger partial charge in [-0.3, -0.25) is 4.79 Å². The summed E-state index contributed by atoms with van der Waals surface area (Å²) in [6, 6.07) is 28.4. The highest BCUT2D eigenvalue weighted by molar-refractivity contribution is 5.95. The Bertz CT molecular complexity index is 1440. The molecule has 0 radical (unpaired) electrons. The van der Waals surface area contributed by atoms with E-state index in [9.17, 15) is 9.59 Å². The summed E-state index contributed by atoms with van der Waals surface area (Å²) in [5, 5.41) is 4.04. The minimum Gasteiger partial charge on any atom is -0.496 e. The third-order valence-electron chi connectivity index (χ3n) is 5.54. The molecule has 4 rings (SSSR count). The van der Waals surface area contributed by atoms with Gasteiger partial charge in [0.2, 0.25) is 0 Å². The molecule has 0 atom stereocenters. The molecule has 0 aliphatic heterocycles. The van der Waals surface area contributed by atoms with Gasteiger partial charge < -0.3 is 18.9 Å². The van der Waals surface area contributed by atoms with Gasteiger partial charge in [0, 0.05) is 5.56 Å². The van der Waals surface area contributed by atoms with Gasteiger partial charge >= 0.3 is 5.97 Å². The summed E-state index contributed by atoms with van der Waals surface area (Å²) in [5.41, 5.74) is 4.94. The molecule has 0 aromatic heterocycles. The third kappa shape index (κ3) is 7.45. The number of esters is 1. The number of methoxy groups -OCH3 is 1. The van der Waals surface area contributed by atoms with Crippen molar-refractivity contribution in [3.05, 3.63) is 119 Å². The molecule has 1 N–H and O–H groups in total. The highest BCUT2D eigenvalue weighted by atomic mass is 16.6. The molecule has 4 aromatic rings. The number of amides is 1. The molecular weight excluding hydrogens is 496 g/mol. The van der Waals surface area contributed by atoms with Crippen LogP contribution in [0.15, 0.2) is 102 Å². The van der Waals surface area contributed by atoms with E-state index in [1.54, 1.807) is 66.7 Å². The van der Waals surface area contributed by atoms with Crippen molar-refractivity contribution in [2.24, 2.45) is 5.10 Å². The Hall–Kier alpha value is -5.11. The second-order valence-electron chi connectivity index (χ2n) is 8.23. The van der Waals surface area contributed by atoms with Crippen molar-refractivity contribution in [2.45, 2.75) is 13.5 Å². The summed E-state index contributed by atoms with van der Waals surface area (Å²) < 4.78 is 22.2. The van der Waals surface area contributed by atoms with Crippen LogP contribution in [0.4, 0.5) is 0 Å². The number of carbonyl (C=O) groups excluding carboxylic acids is 2. The molecule has 0 aliphatic carbocycles. The molecule has 0 spiro atoms. The van der Waals surface area contributed by atoms with E-state index >= 15 is 0 Å². The van der Waals surface area contributed by atoms with Crippen LogP contribution >= 0.6 is 0 Å². The molecule has 0 fully saturated rings. The van der Waals surface area contributed by atoms with Crippen LogP contribution in [0.2, 0.25) is 0 Å². The van der Waals surface area contributed by atoms with Gasteiger partial charge in [-0.1, -0.05) is 42.5 Å². The Morgan fingerprint density at radius 1 is 0.821 bits per heavy atom. The monoisotopic (exact) mass is 524 g/mol. The lowest BCUT2D eigenvalue weighted by Crippen LogP contribution is -2.17. The predicted molar refractivity (Wildman–Crippen MR) is 148 cm³/mol. The standard InChI is InChI=1S/C31H28N2O6/c1-3-37-29-19-23(13-18-28(29)39-31(35)26-11-7-8-12-27(26)36-2)20-32-33-30(34)24-14-16-25(17-15-24)38-21-22-9-5-4-6-10-22/h4-20H,3,21H2,1-2H3,(H,33,34)/b32-20-. The Labute approximate surface area is 226 Å². The van der Waals surface area contributed by atoms with E-state index in [0.29, 0.717) is 47.2 Å². The van der Waals surface area contributed by atoms with E-state index in [4.69, 9.17) is 18.9 Å². The SMILES string of the molecule is CCOc1cc(/C=N\NC(=O)c2ccc(OCc3ccccc3)cc2)ccc1OC(=O)c1ccccc1OC. The van der Waals surface area contributed by atoms with Gasteiger partial charge in [-0.05, 0) is 72.6 Å². The van der Waals surface area contributed by atoms with Crippen LogP contribution in [0, 0.1) is 0 Å². The maximum atomic E-state index is 12.7. The molecule has 1 amide bonds. The first kappa shape index (κ1) is 26.9. The molecular formula is C31H28N2O6. The minimum absolute atomic E-state index is 0.253. The molecule has 39 heavy (non-hydrogen) atoms. The zero-order chi connectivity index (χ0) is 27.5. The van der Waals surface area contributed by atoms with Gasteiger partial charge in [-0.25, -0.2) is 10.2 Å². The number of benzene rings is 4. The van der Waals surface area contributed by atoms with E-state index in [2.05, 4.69) is 10.5 Å². The summed E-state index contributed by atoms with van der Waals surface area (Å²) >= 11 is 0. The summed E-state index contributed by atoms with van der Waals surface area (Å²) in [4.78, 5) is 25.2. The lowest BCUT2D eigenvalue weighted by atomic mass is 10.2. The molecule has 0 heterocycles. The quantitative estimate of drug-likeness (QED) is 0.118. The molecule has 4 aromatic carbocycles. The second-order valence-corrected chi connectivity index (χ2v) is 8.23. The minimum atomic E-state index is -0.571. The lowest BCUT2D eigenvalue weighted by molar-refractivity contribution is 0.0724. The molecule has 198 valence electrons. The predicted octanol–water partition coefficient (Wildman–Crippen LogP) is 5.66. The Balaban J connectivity index is 1.36. The molecule has 0 unspecified atom stereocenters. The van der Waals surface area contributed by atoms with E-state index in [1.807, 2.05) is 37.3 Å². The molecule has 0 saturated heterocycles. The maximum absolute atomic E-state index is 12.7. The number of hydrazone groups is 1. The summed E-state index contributed by atoms with van der Waals surface area (Å²) in [6.45, 7) is 2.63. The van der Waals surface area contributed by atoms with Crippen LogP contribution in [-0.2, 0) is 6.61 Å². The fraction of sp³-hybridized carbons (Fsp3) is 0.129. The highest BCUT2D eigenvalue weighted by Gasteiger charge is 2.17. The zero-order valence-corrected chi connectivity index (χ0v) is 21.6. The van der Waals surface area contributed by atoms with Gasteiger partial charge in [0.1, 0.15) is 23.7 Å². The van der Waals surface area contributed by atoms with Crippen LogP contribution in [0.25, 0.3) is 0 Å². The lowest BCUT2D eigenvalue weighted by Gasteiger charge is -2.12. The van der Waals surface area contributed by atoms with Crippen molar-refractivity contribution >= 4 is 18.1 Å². The fourth-order valence-corrected chi connectivity index (χ4v) is 3.60. The van der Waals surface area contributed by atoms with Gasteiger partial charge in [0.15, 0.2) is 11.5 Å². The number of nitrogens with zero attached hydrogens (tertiary/aromatic N) is 1. The van der Waals surface area contributed by atoms with Gasteiger partial charge in [0.25, 0.3) is 5.91 Å². The smallest absolute Gasteiger partial charge is 0.347 e. The number of carbonyl (C=O) groups is 2. The fourth-order valence-electron chi connectivity index (χ4n) is 3.60. The number of ether oxygens (including phenoxy) is 4. The largest absolute Gasteiger partial charge is 0.496 e.